The Kier molecular flexibility index (Phi) is 12.8. The first kappa shape index (κ1) is 22.4. The Morgan fingerprint density at radius 3 is 2.21 bits per heavy atom. The molecule has 24 heavy (non-hydrogen) atoms. The predicted molar refractivity (Wildman–Crippen MR) is 93.6 cm³/mol. The molecule has 0 spiro atoms. The van der Waals surface area contributed by atoms with E-state index >= 15 is 0 Å². The maximum absolute atomic E-state index is 9.10. The van der Waals surface area contributed by atoms with E-state index in [9.17, 15) is 0 Å². The molecule has 1 aromatic carbocycles. The number of carboxylic acid groups (broad SMARTS) is 2. The van der Waals surface area contributed by atoms with Gasteiger partial charge in [-0.3, -0.25) is 0 Å². The highest BCUT2D eigenvalue weighted by molar-refractivity contribution is 9.10. The van der Waals surface area contributed by atoms with Crippen molar-refractivity contribution >= 4 is 27.9 Å². The van der Waals surface area contributed by atoms with Crippen molar-refractivity contribution in [2.75, 3.05) is 33.4 Å². The van der Waals surface area contributed by atoms with Crippen LogP contribution in [0.5, 0.6) is 5.75 Å². The standard InChI is InChI=1S/C14H22BrNO2.C2H2O4/c1-12-5-6-14(13(15)11-12)18-10-4-8-16-7-3-9-17-2;3-1(4)2(5)6/h5-6,11,16H,3-4,7-10H2,1-2H3;(H,3,4)(H,5,6). The van der Waals surface area contributed by atoms with E-state index in [2.05, 4.69) is 40.3 Å². The fourth-order valence-electron chi connectivity index (χ4n) is 1.57. The third-order valence-corrected chi connectivity index (χ3v) is 3.35. The molecule has 0 heterocycles. The first-order valence-electron chi connectivity index (χ1n) is 7.43. The first-order valence-corrected chi connectivity index (χ1v) is 8.22. The van der Waals surface area contributed by atoms with E-state index in [-0.39, 0.29) is 0 Å². The lowest BCUT2D eigenvalue weighted by molar-refractivity contribution is -0.159. The summed E-state index contributed by atoms with van der Waals surface area (Å²) < 4.78 is 11.7. The minimum Gasteiger partial charge on any atom is -0.492 e. The van der Waals surface area contributed by atoms with Gasteiger partial charge in [-0.1, -0.05) is 6.07 Å². The van der Waals surface area contributed by atoms with Gasteiger partial charge >= 0.3 is 11.9 Å². The zero-order valence-corrected chi connectivity index (χ0v) is 15.5. The second-order valence-electron chi connectivity index (χ2n) is 4.84. The van der Waals surface area contributed by atoms with E-state index in [0.717, 1.165) is 49.4 Å². The smallest absolute Gasteiger partial charge is 0.414 e. The summed E-state index contributed by atoms with van der Waals surface area (Å²) in [6, 6.07) is 6.13. The quantitative estimate of drug-likeness (QED) is 0.427. The Bertz CT molecular complexity index is 497. The van der Waals surface area contributed by atoms with Crippen LogP contribution in [0.15, 0.2) is 22.7 Å². The number of benzene rings is 1. The van der Waals surface area contributed by atoms with Gasteiger partial charge < -0.3 is 25.0 Å². The first-order chi connectivity index (χ1) is 11.4. The molecule has 1 aromatic rings. The Labute approximate surface area is 150 Å². The number of ether oxygens (including phenoxy) is 2. The Balaban J connectivity index is 0.000000754. The average molecular weight is 406 g/mol. The molecule has 0 fully saturated rings. The SMILES string of the molecule is COCCCNCCCOc1ccc(C)cc1Br.O=C(O)C(=O)O. The van der Waals surface area contributed by atoms with Crippen molar-refractivity contribution in [1.82, 2.24) is 5.32 Å². The molecule has 0 saturated heterocycles. The van der Waals surface area contributed by atoms with E-state index in [0.29, 0.717) is 0 Å². The lowest BCUT2D eigenvalue weighted by Gasteiger charge is -2.09. The maximum Gasteiger partial charge on any atom is 0.414 e. The number of hydrogen-bond donors (Lipinski definition) is 3. The van der Waals surface area contributed by atoms with Gasteiger partial charge in [-0.2, -0.15) is 0 Å². The highest BCUT2D eigenvalue weighted by Gasteiger charge is 2.04. The summed E-state index contributed by atoms with van der Waals surface area (Å²) in [5.41, 5.74) is 1.23. The van der Waals surface area contributed by atoms with Crippen molar-refractivity contribution in [3.8, 4) is 5.75 Å². The van der Waals surface area contributed by atoms with E-state index in [1.807, 2.05) is 6.07 Å². The molecule has 0 bridgehead atoms. The van der Waals surface area contributed by atoms with E-state index < -0.39 is 11.9 Å². The maximum atomic E-state index is 9.10. The van der Waals surface area contributed by atoms with Gasteiger partial charge in [0.05, 0.1) is 11.1 Å². The fourth-order valence-corrected chi connectivity index (χ4v) is 2.18. The Hall–Kier alpha value is -1.64. The summed E-state index contributed by atoms with van der Waals surface area (Å²) in [4.78, 5) is 18.2. The predicted octanol–water partition coefficient (Wildman–Crippen LogP) is 2.31. The molecular weight excluding hydrogens is 382 g/mol. The molecule has 7 nitrogen and oxygen atoms in total. The average Bonchev–Trinajstić information content (AvgIpc) is 2.52. The summed E-state index contributed by atoms with van der Waals surface area (Å²) in [5.74, 6) is -2.73. The van der Waals surface area contributed by atoms with Crippen molar-refractivity contribution < 1.29 is 29.3 Å². The zero-order chi connectivity index (χ0) is 18.4. The molecule has 1 rings (SSSR count). The molecule has 0 aromatic heterocycles. The Morgan fingerprint density at radius 1 is 1.12 bits per heavy atom. The van der Waals surface area contributed by atoms with Gasteiger partial charge in [0.25, 0.3) is 0 Å². The van der Waals surface area contributed by atoms with E-state index in [1.165, 1.54) is 5.56 Å². The number of rotatable bonds is 9. The minimum absolute atomic E-state index is 0.735. The van der Waals surface area contributed by atoms with Gasteiger partial charge in [0.1, 0.15) is 5.75 Å². The molecule has 0 aliphatic carbocycles. The van der Waals surface area contributed by atoms with Crippen LogP contribution in [-0.4, -0.2) is 55.6 Å². The van der Waals surface area contributed by atoms with E-state index in [1.54, 1.807) is 7.11 Å². The summed E-state index contributed by atoms with van der Waals surface area (Å²) in [6.07, 6.45) is 2.06. The van der Waals surface area contributed by atoms with Gasteiger partial charge in [0, 0.05) is 13.7 Å². The van der Waals surface area contributed by atoms with Gasteiger partial charge in [0.15, 0.2) is 0 Å². The molecule has 0 saturated carbocycles. The van der Waals surface area contributed by atoms with Crippen LogP contribution in [0.2, 0.25) is 0 Å². The van der Waals surface area contributed by atoms with Crippen LogP contribution < -0.4 is 10.1 Å². The van der Waals surface area contributed by atoms with Gasteiger partial charge in [-0.05, 0) is 66.5 Å². The zero-order valence-electron chi connectivity index (χ0n) is 13.9. The highest BCUT2D eigenvalue weighted by atomic mass is 79.9. The van der Waals surface area contributed by atoms with Crippen LogP contribution in [0.1, 0.15) is 18.4 Å². The molecule has 0 aliphatic rings. The van der Waals surface area contributed by atoms with Crippen molar-refractivity contribution in [2.24, 2.45) is 0 Å². The molecule has 0 unspecified atom stereocenters. The third-order valence-electron chi connectivity index (χ3n) is 2.73. The number of halogens is 1. The minimum atomic E-state index is -1.82. The number of carboxylic acids is 2. The van der Waals surface area contributed by atoms with Crippen molar-refractivity contribution in [3.05, 3.63) is 28.2 Å². The number of methoxy groups -OCH3 is 1. The van der Waals surface area contributed by atoms with Crippen LogP contribution >= 0.6 is 15.9 Å². The summed E-state index contributed by atoms with van der Waals surface area (Å²) >= 11 is 3.50. The number of aliphatic carboxylic acids is 2. The molecule has 136 valence electrons. The number of aryl methyl sites for hydroxylation is 1. The van der Waals surface area contributed by atoms with E-state index in [4.69, 9.17) is 29.3 Å². The second-order valence-corrected chi connectivity index (χ2v) is 5.70. The molecular formula is C16H24BrNO6. The molecule has 0 amide bonds. The topological polar surface area (TPSA) is 105 Å². The normalized spacial score (nSPS) is 9.79. The Morgan fingerprint density at radius 2 is 1.71 bits per heavy atom. The lowest BCUT2D eigenvalue weighted by Crippen LogP contribution is -2.19. The monoisotopic (exact) mass is 405 g/mol. The van der Waals surface area contributed by atoms with Gasteiger partial charge in [0.2, 0.25) is 0 Å². The summed E-state index contributed by atoms with van der Waals surface area (Å²) in [6.45, 7) is 5.60. The van der Waals surface area contributed by atoms with Crippen molar-refractivity contribution in [2.45, 2.75) is 19.8 Å². The largest absolute Gasteiger partial charge is 0.492 e. The van der Waals surface area contributed by atoms with Crippen LogP contribution in [0.3, 0.4) is 0 Å². The van der Waals surface area contributed by atoms with Crippen LogP contribution in [-0.2, 0) is 14.3 Å². The van der Waals surface area contributed by atoms with Gasteiger partial charge in [-0.15, -0.1) is 0 Å². The van der Waals surface area contributed by atoms with Crippen LogP contribution in [0, 0.1) is 6.92 Å². The molecule has 0 radical (unpaired) electrons. The summed E-state index contributed by atoms with van der Waals surface area (Å²) in [5, 5.41) is 18.1. The molecule has 0 atom stereocenters. The fraction of sp³-hybridized carbons (Fsp3) is 0.500. The second kappa shape index (κ2) is 13.8. The van der Waals surface area contributed by atoms with Crippen LogP contribution in [0.4, 0.5) is 0 Å². The van der Waals surface area contributed by atoms with Crippen LogP contribution in [0.25, 0.3) is 0 Å². The lowest BCUT2D eigenvalue weighted by atomic mass is 10.2. The number of carbonyl (C=O) groups is 2. The molecule has 0 aliphatic heterocycles. The molecule has 8 heteroatoms. The van der Waals surface area contributed by atoms with Crippen molar-refractivity contribution in [1.29, 1.82) is 0 Å². The van der Waals surface area contributed by atoms with Gasteiger partial charge in [-0.25, -0.2) is 9.59 Å². The highest BCUT2D eigenvalue weighted by Crippen LogP contribution is 2.25. The number of hydrogen-bond acceptors (Lipinski definition) is 5. The number of nitrogens with one attached hydrogen (secondary N) is 1. The third kappa shape index (κ3) is 11.9. The van der Waals surface area contributed by atoms with Crippen molar-refractivity contribution in [3.63, 3.8) is 0 Å². The summed E-state index contributed by atoms with van der Waals surface area (Å²) in [7, 11) is 1.73. The molecule has 3 N–H and O–H groups in total.